The zero-order valence-corrected chi connectivity index (χ0v) is 13.7. The lowest BCUT2D eigenvalue weighted by Crippen LogP contribution is -2.02. The summed E-state index contributed by atoms with van der Waals surface area (Å²) in [5.74, 6) is 0.750. The summed E-state index contributed by atoms with van der Waals surface area (Å²) >= 11 is 0. The summed E-state index contributed by atoms with van der Waals surface area (Å²) in [5.41, 5.74) is 3.80. The maximum Gasteiger partial charge on any atom is 0.344 e. The Balaban J connectivity index is 1.85. The summed E-state index contributed by atoms with van der Waals surface area (Å²) in [5, 5.41) is 0.895. The molecule has 0 unspecified atom stereocenters. The van der Waals surface area contributed by atoms with Crippen molar-refractivity contribution in [2.75, 3.05) is 7.11 Å². The summed E-state index contributed by atoms with van der Waals surface area (Å²) in [4.78, 5) is 12.3. The molecule has 1 heterocycles. The molecule has 0 N–H and O–H groups in total. The number of fused-ring (bicyclic) bond motifs is 1. The third kappa shape index (κ3) is 2.92. The third-order valence-electron chi connectivity index (χ3n) is 4.24. The van der Waals surface area contributed by atoms with Crippen molar-refractivity contribution in [1.82, 2.24) is 0 Å². The maximum atomic E-state index is 12.3. The largest absolute Gasteiger partial charge is 0.497 e. The highest BCUT2D eigenvalue weighted by Crippen LogP contribution is 2.27. The average molecular weight is 328 g/mol. The van der Waals surface area contributed by atoms with E-state index in [0.717, 1.165) is 27.8 Å². The van der Waals surface area contributed by atoms with Crippen LogP contribution < -0.4 is 10.4 Å². The van der Waals surface area contributed by atoms with Gasteiger partial charge in [0.05, 0.1) is 12.7 Å². The molecular weight excluding hydrogens is 312 g/mol. The first-order valence-corrected chi connectivity index (χ1v) is 8.02. The highest BCUT2D eigenvalue weighted by Gasteiger charge is 2.09. The van der Waals surface area contributed by atoms with Gasteiger partial charge in [-0.2, -0.15) is 0 Å². The molecule has 0 spiro atoms. The van der Waals surface area contributed by atoms with Gasteiger partial charge >= 0.3 is 5.63 Å². The smallest absolute Gasteiger partial charge is 0.344 e. The van der Waals surface area contributed by atoms with E-state index in [4.69, 9.17) is 9.15 Å². The molecule has 0 aliphatic heterocycles. The number of rotatable bonds is 3. The van der Waals surface area contributed by atoms with Gasteiger partial charge in [-0.15, -0.1) is 0 Å². The zero-order valence-electron chi connectivity index (χ0n) is 13.7. The second-order valence-electron chi connectivity index (χ2n) is 5.79. The van der Waals surface area contributed by atoms with Crippen LogP contribution in [0.5, 0.6) is 5.75 Å². The highest BCUT2D eigenvalue weighted by molar-refractivity contribution is 5.86. The van der Waals surface area contributed by atoms with Crippen LogP contribution in [-0.4, -0.2) is 7.11 Å². The Bertz CT molecular complexity index is 1080. The van der Waals surface area contributed by atoms with Crippen LogP contribution in [0.1, 0.15) is 0 Å². The first-order valence-electron chi connectivity index (χ1n) is 8.02. The fraction of sp³-hybridized carbons (Fsp3) is 0.0455. The summed E-state index contributed by atoms with van der Waals surface area (Å²) < 4.78 is 10.7. The van der Waals surface area contributed by atoms with Crippen LogP contribution in [-0.2, 0) is 0 Å². The Labute approximate surface area is 145 Å². The predicted octanol–water partition coefficient (Wildman–Crippen LogP) is 5.14. The normalized spacial score (nSPS) is 10.8. The SMILES string of the molecule is COc1ccc(-c2cc3cc(-c4ccccc4)ccc3oc2=O)cc1. The lowest BCUT2D eigenvalue weighted by Gasteiger charge is -2.06. The van der Waals surface area contributed by atoms with Crippen molar-refractivity contribution in [3.8, 4) is 28.0 Å². The number of hydrogen-bond acceptors (Lipinski definition) is 3. The van der Waals surface area contributed by atoms with E-state index >= 15 is 0 Å². The number of methoxy groups -OCH3 is 1. The van der Waals surface area contributed by atoms with Crippen LogP contribution >= 0.6 is 0 Å². The maximum absolute atomic E-state index is 12.3. The van der Waals surface area contributed by atoms with Gasteiger partial charge in [0.15, 0.2) is 0 Å². The van der Waals surface area contributed by atoms with E-state index in [9.17, 15) is 4.79 Å². The van der Waals surface area contributed by atoms with E-state index in [1.54, 1.807) is 7.11 Å². The molecule has 3 nitrogen and oxygen atoms in total. The van der Waals surface area contributed by atoms with Gasteiger partial charge in [0.1, 0.15) is 11.3 Å². The van der Waals surface area contributed by atoms with Crippen molar-refractivity contribution in [2.24, 2.45) is 0 Å². The van der Waals surface area contributed by atoms with Crippen LogP contribution in [0.4, 0.5) is 0 Å². The molecule has 1 aromatic heterocycles. The summed E-state index contributed by atoms with van der Waals surface area (Å²) in [6, 6.07) is 25.2. The molecule has 0 atom stereocenters. The van der Waals surface area contributed by atoms with Crippen LogP contribution in [0.15, 0.2) is 88.1 Å². The molecular formula is C22H16O3. The summed E-state index contributed by atoms with van der Waals surface area (Å²) in [6.45, 7) is 0. The Kier molecular flexibility index (Phi) is 3.82. The predicted molar refractivity (Wildman–Crippen MR) is 99.9 cm³/mol. The zero-order chi connectivity index (χ0) is 17.2. The number of hydrogen-bond donors (Lipinski definition) is 0. The first-order chi connectivity index (χ1) is 12.2. The Hall–Kier alpha value is -3.33. The minimum absolute atomic E-state index is 0.342. The van der Waals surface area contributed by atoms with Crippen molar-refractivity contribution < 1.29 is 9.15 Å². The monoisotopic (exact) mass is 328 g/mol. The molecule has 0 amide bonds. The van der Waals surface area contributed by atoms with E-state index < -0.39 is 0 Å². The minimum Gasteiger partial charge on any atom is -0.497 e. The Morgan fingerprint density at radius 3 is 2.20 bits per heavy atom. The molecule has 0 saturated heterocycles. The molecule has 3 heteroatoms. The fourth-order valence-electron chi connectivity index (χ4n) is 2.91. The standard InChI is InChI=1S/C22H16O3/c1-24-19-10-7-16(8-11-19)20-14-18-13-17(15-5-3-2-4-6-15)9-12-21(18)25-22(20)23/h2-14H,1H3. The fourth-order valence-corrected chi connectivity index (χ4v) is 2.91. The third-order valence-corrected chi connectivity index (χ3v) is 4.24. The molecule has 25 heavy (non-hydrogen) atoms. The average Bonchev–Trinajstić information content (AvgIpc) is 2.68. The van der Waals surface area contributed by atoms with Gasteiger partial charge in [-0.1, -0.05) is 48.5 Å². The van der Waals surface area contributed by atoms with Crippen molar-refractivity contribution in [2.45, 2.75) is 0 Å². The first kappa shape index (κ1) is 15.2. The van der Waals surface area contributed by atoms with Gasteiger partial charge < -0.3 is 9.15 Å². The van der Waals surface area contributed by atoms with Gasteiger partial charge in [-0.05, 0) is 47.0 Å². The van der Waals surface area contributed by atoms with Crippen molar-refractivity contribution in [3.05, 3.63) is 89.3 Å². The number of benzene rings is 3. The number of ether oxygens (including phenoxy) is 1. The second kappa shape index (κ2) is 6.29. The minimum atomic E-state index is -0.342. The molecule has 4 rings (SSSR count). The van der Waals surface area contributed by atoms with Crippen molar-refractivity contribution in [1.29, 1.82) is 0 Å². The van der Waals surface area contributed by atoms with E-state index in [2.05, 4.69) is 12.1 Å². The molecule has 0 fully saturated rings. The van der Waals surface area contributed by atoms with Gasteiger partial charge in [-0.3, -0.25) is 0 Å². The lowest BCUT2D eigenvalue weighted by molar-refractivity contribution is 0.415. The topological polar surface area (TPSA) is 39.4 Å². The van der Waals surface area contributed by atoms with E-state index in [0.29, 0.717) is 11.1 Å². The molecule has 0 aliphatic rings. The Morgan fingerprint density at radius 1 is 0.760 bits per heavy atom. The molecule has 4 aromatic rings. The summed E-state index contributed by atoms with van der Waals surface area (Å²) in [7, 11) is 1.62. The summed E-state index contributed by atoms with van der Waals surface area (Å²) in [6.07, 6.45) is 0. The second-order valence-corrected chi connectivity index (χ2v) is 5.79. The lowest BCUT2D eigenvalue weighted by atomic mass is 10.0. The molecule has 0 radical (unpaired) electrons. The molecule has 0 bridgehead atoms. The van der Waals surface area contributed by atoms with Crippen LogP contribution in [0.3, 0.4) is 0 Å². The molecule has 3 aromatic carbocycles. The van der Waals surface area contributed by atoms with E-state index in [-0.39, 0.29) is 5.63 Å². The van der Waals surface area contributed by atoms with E-state index in [1.807, 2.05) is 66.7 Å². The molecule has 0 saturated carbocycles. The van der Waals surface area contributed by atoms with Crippen molar-refractivity contribution in [3.63, 3.8) is 0 Å². The highest BCUT2D eigenvalue weighted by atomic mass is 16.5. The van der Waals surface area contributed by atoms with Crippen LogP contribution in [0.25, 0.3) is 33.2 Å². The quantitative estimate of drug-likeness (QED) is 0.489. The van der Waals surface area contributed by atoms with Gasteiger partial charge in [0.25, 0.3) is 0 Å². The Morgan fingerprint density at radius 2 is 1.48 bits per heavy atom. The van der Waals surface area contributed by atoms with Gasteiger partial charge in [0, 0.05) is 5.39 Å². The van der Waals surface area contributed by atoms with Crippen LogP contribution in [0, 0.1) is 0 Å². The molecule has 0 aliphatic carbocycles. The molecule has 122 valence electrons. The van der Waals surface area contributed by atoms with Gasteiger partial charge in [-0.25, -0.2) is 4.79 Å². The van der Waals surface area contributed by atoms with Crippen molar-refractivity contribution >= 4 is 11.0 Å². The van der Waals surface area contributed by atoms with E-state index in [1.165, 1.54) is 0 Å². The van der Waals surface area contributed by atoms with Gasteiger partial charge in [0.2, 0.25) is 0 Å². The van der Waals surface area contributed by atoms with Crippen LogP contribution in [0.2, 0.25) is 0 Å².